The van der Waals surface area contributed by atoms with Crippen molar-refractivity contribution in [1.82, 2.24) is 0 Å². The van der Waals surface area contributed by atoms with Gasteiger partial charge in [-0.15, -0.1) is 0 Å². The average Bonchev–Trinajstić information content (AvgIpc) is 2.51. The molecule has 0 radical (unpaired) electrons. The van der Waals surface area contributed by atoms with E-state index >= 15 is 0 Å². The Balaban J connectivity index is 0.00000144. The third-order valence-electron chi connectivity index (χ3n) is 1.14. The number of carbonyl (C=O) groups excluding carboxylic acids is 2. The van der Waals surface area contributed by atoms with E-state index < -0.39 is 11.8 Å². The fraction of sp³-hybridized carbons (Fsp3) is 0. The van der Waals surface area contributed by atoms with Crippen LogP contribution in [0.4, 0.5) is 0 Å². The molecule has 0 saturated carbocycles. The molecule has 0 N–H and O–H groups in total. The van der Waals surface area contributed by atoms with Crippen LogP contribution in [0.1, 0.15) is 5.76 Å². The maximum atomic E-state index is 10.4. The van der Waals surface area contributed by atoms with Crippen LogP contribution in [0.2, 0.25) is 0 Å². The summed E-state index contributed by atoms with van der Waals surface area (Å²) >= 11 is 0. The van der Waals surface area contributed by atoms with Crippen LogP contribution in [0.25, 0.3) is 6.08 Å². The fourth-order valence-electron chi connectivity index (χ4n) is 0.612. The SMILES string of the molecule is O=C([O-])C(=O)C=Cc1ccco1.[Na+]. The molecule has 0 atom stereocenters. The van der Waals surface area contributed by atoms with E-state index in [1.54, 1.807) is 12.1 Å². The Morgan fingerprint density at radius 2 is 2.15 bits per heavy atom. The van der Waals surface area contributed by atoms with E-state index in [0.29, 0.717) is 5.76 Å². The van der Waals surface area contributed by atoms with Gasteiger partial charge in [-0.1, -0.05) is 0 Å². The molecule has 1 aromatic heterocycles. The summed E-state index contributed by atoms with van der Waals surface area (Å²) in [7, 11) is 0. The van der Waals surface area contributed by atoms with E-state index in [1.807, 2.05) is 0 Å². The molecule has 1 aromatic rings. The number of aliphatic carboxylic acids is 1. The first-order valence-electron chi connectivity index (χ1n) is 3.17. The Morgan fingerprint density at radius 3 is 2.62 bits per heavy atom. The van der Waals surface area contributed by atoms with Crippen molar-refractivity contribution in [3.63, 3.8) is 0 Å². The molecular weight excluding hydrogens is 183 g/mol. The quantitative estimate of drug-likeness (QED) is 0.282. The third kappa shape index (κ3) is 4.07. The van der Waals surface area contributed by atoms with Gasteiger partial charge in [-0.2, -0.15) is 0 Å². The Bertz CT molecular complexity index is 313. The van der Waals surface area contributed by atoms with Crippen LogP contribution in [0.5, 0.6) is 0 Å². The summed E-state index contributed by atoms with van der Waals surface area (Å²) in [5.74, 6) is -2.38. The van der Waals surface area contributed by atoms with Gasteiger partial charge >= 0.3 is 29.6 Å². The van der Waals surface area contributed by atoms with Crippen molar-refractivity contribution in [3.8, 4) is 0 Å². The van der Waals surface area contributed by atoms with E-state index in [2.05, 4.69) is 0 Å². The third-order valence-corrected chi connectivity index (χ3v) is 1.14. The predicted octanol–water partition coefficient (Wildman–Crippen LogP) is -3.38. The van der Waals surface area contributed by atoms with Crippen molar-refractivity contribution in [2.24, 2.45) is 0 Å². The molecule has 4 nitrogen and oxygen atoms in total. The van der Waals surface area contributed by atoms with E-state index in [-0.39, 0.29) is 29.6 Å². The second-order valence-electron chi connectivity index (χ2n) is 2.00. The van der Waals surface area contributed by atoms with Gasteiger partial charge in [0.25, 0.3) is 0 Å². The van der Waals surface area contributed by atoms with Gasteiger partial charge in [-0.25, -0.2) is 0 Å². The Hall–Kier alpha value is -0.840. The smallest absolute Gasteiger partial charge is 0.541 e. The summed E-state index contributed by atoms with van der Waals surface area (Å²) in [5, 5.41) is 9.92. The first kappa shape index (κ1) is 12.2. The van der Waals surface area contributed by atoms with Gasteiger partial charge in [0.05, 0.1) is 6.26 Å². The Labute approximate surface area is 96.5 Å². The first-order valence-corrected chi connectivity index (χ1v) is 3.17. The number of hydrogen-bond acceptors (Lipinski definition) is 4. The Kier molecular flexibility index (Phi) is 5.37. The molecule has 0 aliphatic carbocycles. The van der Waals surface area contributed by atoms with Crippen molar-refractivity contribution in [3.05, 3.63) is 30.2 Å². The fourth-order valence-corrected chi connectivity index (χ4v) is 0.612. The van der Waals surface area contributed by atoms with E-state index in [0.717, 1.165) is 6.08 Å². The molecule has 0 aliphatic rings. The number of carbonyl (C=O) groups is 2. The molecule has 5 heteroatoms. The van der Waals surface area contributed by atoms with Gasteiger partial charge in [0.2, 0.25) is 5.78 Å². The predicted molar refractivity (Wildman–Crippen MR) is 37.8 cm³/mol. The number of rotatable bonds is 3. The molecule has 0 aromatic carbocycles. The van der Waals surface area contributed by atoms with Crippen molar-refractivity contribution in [2.45, 2.75) is 0 Å². The number of ketones is 1. The second-order valence-corrected chi connectivity index (χ2v) is 2.00. The normalized spacial score (nSPS) is 9.54. The molecular formula is C8H5NaO4. The Morgan fingerprint density at radius 1 is 1.46 bits per heavy atom. The van der Waals surface area contributed by atoms with E-state index in [4.69, 9.17) is 4.42 Å². The molecule has 0 saturated heterocycles. The molecule has 0 unspecified atom stereocenters. The van der Waals surface area contributed by atoms with Crippen LogP contribution in [0.3, 0.4) is 0 Å². The zero-order valence-corrected chi connectivity index (χ0v) is 9.02. The minimum Gasteiger partial charge on any atom is -0.541 e. The number of furan rings is 1. The summed E-state index contributed by atoms with van der Waals surface area (Å²) in [6.07, 6.45) is 3.56. The van der Waals surface area contributed by atoms with Crippen LogP contribution in [-0.2, 0) is 9.59 Å². The maximum Gasteiger partial charge on any atom is 1.00 e. The molecule has 13 heavy (non-hydrogen) atoms. The summed E-state index contributed by atoms with van der Waals surface area (Å²) in [5.41, 5.74) is 0. The molecule has 0 aliphatic heterocycles. The molecule has 1 heterocycles. The largest absolute Gasteiger partial charge is 1.00 e. The standard InChI is InChI=1S/C8H6O4.Na/c9-7(8(10)11)4-3-6-2-1-5-12-6;/h1-5H,(H,10,11);/q;+1/p-1. The summed E-state index contributed by atoms with van der Waals surface area (Å²) in [4.78, 5) is 20.4. The monoisotopic (exact) mass is 188 g/mol. The van der Waals surface area contributed by atoms with Crippen LogP contribution < -0.4 is 34.7 Å². The van der Waals surface area contributed by atoms with Gasteiger partial charge in [-0.05, 0) is 24.3 Å². The average molecular weight is 188 g/mol. The summed E-state index contributed by atoms with van der Waals surface area (Å²) in [6.45, 7) is 0. The van der Waals surface area contributed by atoms with Crippen LogP contribution in [0, 0.1) is 0 Å². The van der Waals surface area contributed by atoms with Crippen molar-refractivity contribution in [1.29, 1.82) is 0 Å². The van der Waals surface area contributed by atoms with Gasteiger partial charge in [0.15, 0.2) is 0 Å². The molecule has 0 bridgehead atoms. The van der Waals surface area contributed by atoms with Crippen LogP contribution >= 0.6 is 0 Å². The maximum absolute atomic E-state index is 10.4. The number of carboxylic acids is 1. The van der Waals surface area contributed by atoms with Gasteiger partial charge in [-0.3, -0.25) is 4.79 Å². The molecule has 0 spiro atoms. The zero-order chi connectivity index (χ0) is 8.97. The summed E-state index contributed by atoms with van der Waals surface area (Å²) < 4.78 is 4.81. The second kappa shape index (κ2) is 5.75. The van der Waals surface area contributed by atoms with E-state index in [1.165, 1.54) is 12.3 Å². The number of hydrogen-bond donors (Lipinski definition) is 0. The minimum absolute atomic E-state index is 0. The van der Waals surface area contributed by atoms with E-state index in [9.17, 15) is 14.7 Å². The van der Waals surface area contributed by atoms with Crippen LogP contribution in [0.15, 0.2) is 28.9 Å². The van der Waals surface area contributed by atoms with Gasteiger partial charge in [0.1, 0.15) is 11.7 Å². The molecule has 0 amide bonds. The summed E-state index contributed by atoms with van der Waals surface area (Å²) in [6, 6.07) is 3.22. The topological polar surface area (TPSA) is 70.3 Å². The molecule has 1 rings (SSSR count). The van der Waals surface area contributed by atoms with Crippen LogP contribution in [-0.4, -0.2) is 11.8 Å². The van der Waals surface area contributed by atoms with Gasteiger partial charge in [0, 0.05) is 0 Å². The minimum atomic E-state index is -1.72. The first-order chi connectivity index (χ1) is 5.70. The van der Waals surface area contributed by atoms with Crippen molar-refractivity contribution < 1.29 is 48.7 Å². The molecule has 62 valence electrons. The number of carboxylic acid groups (broad SMARTS) is 1. The van der Waals surface area contributed by atoms with Gasteiger partial charge < -0.3 is 14.3 Å². The van der Waals surface area contributed by atoms with Crippen molar-refractivity contribution in [2.75, 3.05) is 0 Å². The zero-order valence-electron chi connectivity index (χ0n) is 7.02. The van der Waals surface area contributed by atoms with Crippen molar-refractivity contribution >= 4 is 17.8 Å². The molecule has 0 fully saturated rings.